The van der Waals surface area contributed by atoms with Gasteiger partial charge in [0, 0.05) is 33.9 Å². The highest BCUT2D eigenvalue weighted by molar-refractivity contribution is 6.18. The van der Waals surface area contributed by atoms with E-state index in [0.29, 0.717) is 11.8 Å². The van der Waals surface area contributed by atoms with E-state index in [1.165, 1.54) is 121 Å². The molecule has 314 valence electrons. The van der Waals surface area contributed by atoms with Gasteiger partial charge in [-0.3, -0.25) is 9.97 Å². The summed E-state index contributed by atoms with van der Waals surface area (Å²) in [5, 5.41) is 10.3. The summed E-state index contributed by atoms with van der Waals surface area (Å²) < 4.78 is 5.05. The lowest BCUT2D eigenvalue weighted by molar-refractivity contribution is 0.584. The molecule has 0 bridgehead atoms. The average molecular weight is 847 g/mol. The minimum atomic E-state index is 0.206. The fourth-order valence-electron chi connectivity index (χ4n) is 12.5. The first-order valence-electron chi connectivity index (χ1n) is 23.5. The third-order valence-corrected chi connectivity index (χ3v) is 15.9. The molecule has 12 aromatic rings. The van der Waals surface area contributed by atoms with E-state index in [0.717, 1.165) is 11.4 Å². The summed E-state index contributed by atoms with van der Waals surface area (Å²) in [5.41, 5.74) is 20.9. The molecule has 2 aliphatic rings. The van der Waals surface area contributed by atoms with E-state index >= 15 is 0 Å². The standard InChI is InChI=1S/C62H46N4/c1-35-36(2)50-32-54-52-30-42(48-22-10-16-40-14-6-8-20-46(40)48)24-26-56(52)66(44-18-12-28-64-34-44)62(54)58-38(4)37(3)57-59(60(50)58)49(35)31-53-51-29-41(47-21-9-15-39-13-5-7-19-45(39)47)23-25-55(51)65(61(53)57)43-17-11-27-63-33-43/h5-38H,1-4H3. The lowest BCUT2D eigenvalue weighted by Crippen LogP contribution is -2.24. The van der Waals surface area contributed by atoms with Gasteiger partial charge in [-0.05, 0) is 162 Å². The molecule has 0 saturated heterocycles. The van der Waals surface area contributed by atoms with Gasteiger partial charge >= 0.3 is 0 Å². The minimum absolute atomic E-state index is 0.206. The first-order valence-corrected chi connectivity index (χ1v) is 23.5. The maximum absolute atomic E-state index is 4.71. The monoisotopic (exact) mass is 846 g/mol. The normalized spacial score (nSPS) is 17.7. The summed E-state index contributed by atoms with van der Waals surface area (Å²) in [7, 11) is 0. The molecule has 8 aromatic carbocycles. The lowest BCUT2D eigenvalue weighted by atomic mass is 9.62. The molecular weight excluding hydrogens is 801 g/mol. The van der Waals surface area contributed by atoms with Crippen molar-refractivity contribution in [1.29, 1.82) is 0 Å². The van der Waals surface area contributed by atoms with Gasteiger partial charge in [-0.15, -0.1) is 0 Å². The van der Waals surface area contributed by atoms with Crippen molar-refractivity contribution in [3.63, 3.8) is 0 Å². The second kappa shape index (κ2) is 13.8. The Hall–Kier alpha value is -7.82. The molecule has 4 heteroatoms. The zero-order valence-electron chi connectivity index (χ0n) is 37.4. The first-order chi connectivity index (χ1) is 32.4. The highest BCUT2D eigenvalue weighted by Crippen LogP contribution is 2.61. The van der Waals surface area contributed by atoms with Crippen LogP contribution in [0, 0.1) is 0 Å². The van der Waals surface area contributed by atoms with Gasteiger partial charge in [-0.2, -0.15) is 0 Å². The molecule has 4 aromatic heterocycles. The predicted octanol–water partition coefficient (Wildman–Crippen LogP) is 16.4. The molecule has 0 aliphatic heterocycles. The zero-order valence-corrected chi connectivity index (χ0v) is 37.4. The topological polar surface area (TPSA) is 35.6 Å². The van der Waals surface area contributed by atoms with Crippen molar-refractivity contribution in [2.75, 3.05) is 0 Å². The molecule has 4 unspecified atom stereocenters. The molecule has 66 heavy (non-hydrogen) atoms. The van der Waals surface area contributed by atoms with E-state index in [2.05, 4.69) is 195 Å². The Morgan fingerprint density at radius 1 is 0.379 bits per heavy atom. The van der Waals surface area contributed by atoms with Crippen molar-refractivity contribution in [2.45, 2.75) is 51.4 Å². The molecule has 0 N–H and O–H groups in total. The maximum atomic E-state index is 4.71. The molecule has 0 saturated carbocycles. The Morgan fingerprint density at radius 2 is 0.818 bits per heavy atom. The minimum Gasteiger partial charge on any atom is -0.307 e. The van der Waals surface area contributed by atoms with E-state index in [-0.39, 0.29) is 11.8 Å². The van der Waals surface area contributed by atoms with Gasteiger partial charge in [-0.25, -0.2) is 0 Å². The molecule has 4 nitrogen and oxygen atoms in total. The smallest absolute Gasteiger partial charge is 0.0645 e. The molecule has 0 radical (unpaired) electrons. The van der Waals surface area contributed by atoms with Gasteiger partial charge in [0.1, 0.15) is 0 Å². The van der Waals surface area contributed by atoms with Crippen LogP contribution in [-0.4, -0.2) is 19.1 Å². The van der Waals surface area contributed by atoms with Crippen molar-refractivity contribution in [2.24, 2.45) is 0 Å². The Kier molecular flexibility index (Phi) is 7.87. The number of pyridine rings is 2. The van der Waals surface area contributed by atoms with E-state index < -0.39 is 0 Å². The molecule has 0 amide bonds. The van der Waals surface area contributed by atoms with Crippen LogP contribution < -0.4 is 0 Å². The van der Waals surface area contributed by atoms with Crippen LogP contribution in [0.2, 0.25) is 0 Å². The van der Waals surface area contributed by atoms with Crippen molar-refractivity contribution < 1.29 is 0 Å². The van der Waals surface area contributed by atoms with Crippen molar-refractivity contribution in [1.82, 2.24) is 19.1 Å². The molecule has 0 spiro atoms. The SMILES string of the molecule is CC1c2cc3c4cc(-c5cccc6ccccc56)ccc4n(-c4cccnc4)c3c3c2-c2c(cc4c5cc(-c6cccc7ccccc67)ccc5n(-c5cccnc5)c4c2C(C)C3C)C1C. The van der Waals surface area contributed by atoms with E-state index in [4.69, 9.17) is 9.97 Å². The lowest BCUT2D eigenvalue weighted by Gasteiger charge is -2.42. The first kappa shape index (κ1) is 37.5. The Morgan fingerprint density at radius 3 is 1.26 bits per heavy atom. The molecular formula is C62H46N4. The number of benzene rings is 8. The number of fused-ring (bicyclic) bond motifs is 10. The van der Waals surface area contributed by atoms with Gasteiger partial charge in [0.2, 0.25) is 0 Å². The molecule has 14 rings (SSSR count). The quantitative estimate of drug-likeness (QED) is 0.177. The number of nitrogens with zero attached hydrogens (tertiary/aromatic N) is 4. The second-order valence-corrected chi connectivity index (χ2v) is 19.1. The third kappa shape index (κ3) is 5.04. The molecule has 0 fully saturated rings. The van der Waals surface area contributed by atoms with Crippen LogP contribution in [-0.2, 0) is 0 Å². The average Bonchev–Trinajstić information content (AvgIpc) is 3.88. The number of aromatic nitrogens is 4. The van der Waals surface area contributed by atoms with Gasteiger partial charge in [0.05, 0.1) is 45.8 Å². The summed E-state index contributed by atoms with van der Waals surface area (Å²) in [6.45, 7) is 9.93. The van der Waals surface area contributed by atoms with Crippen molar-refractivity contribution in [3.05, 3.63) is 205 Å². The van der Waals surface area contributed by atoms with Gasteiger partial charge in [0.15, 0.2) is 0 Å². The van der Waals surface area contributed by atoms with Crippen LogP contribution in [0.1, 0.15) is 73.6 Å². The summed E-state index contributed by atoms with van der Waals surface area (Å²) >= 11 is 0. The number of hydrogen-bond donors (Lipinski definition) is 0. The van der Waals surface area contributed by atoms with Crippen LogP contribution in [0.3, 0.4) is 0 Å². The van der Waals surface area contributed by atoms with Crippen LogP contribution >= 0.6 is 0 Å². The summed E-state index contributed by atoms with van der Waals surface area (Å²) in [6.07, 6.45) is 7.84. The number of hydrogen-bond acceptors (Lipinski definition) is 2. The van der Waals surface area contributed by atoms with Crippen LogP contribution in [0.5, 0.6) is 0 Å². The van der Waals surface area contributed by atoms with E-state index in [1.54, 1.807) is 0 Å². The Balaban J connectivity index is 1.10. The van der Waals surface area contributed by atoms with E-state index in [1.807, 2.05) is 24.8 Å². The highest BCUT2D eigenvalue weighted by atomic mass is 15.0. The Labute approximate surface area is 383 Å². The molecule has 4 heterocycles. The predicted molar refractivity (Wildman–Crippen MR) is 276 cm³/mol. The maximum Gasteiger partial charge on any atom is 0.0645 e. The van der Waals surface area contributed by atoms with Crippen molar-refractivity contribution in [3.8, 4) is 44.8 Å². The number of rotatable bonds is 4. The highest BCUT2D eigenvalue weighted by Gasteiger charge is 2.42. The summed E-state index contributed by atoms with van der Waals surface area (Å²) in [5.74, 6) is 1.02. The Bertz CT molecular complexity index is 3730. The largest absolute Gasteiger partial charge is 0.307 e. The van der Waals surface area contributed by atoms with Crippen LogP contribution in [0.15, 0.2) is 183 Å². The fourth-order valence-corrected chi connectivity index (χ4v) is 12.5. The van der Waals surface area contributed by atoms with Crippen LogP contribution in [0.25, 0.3) is 110 Å². The fraction of sp³-hybridized carbons (Fsp3) is 0.129. The molecule has 2 aliphatic carbocycles. The second-order valence-electron chi connectivity index (χ2n) is 19.1. The summed E-state index contributed by atoms with van der Waals surface area (Å²) in [6, 6.07) is 58.9. The van der Waals surface area contributed by atoms with Crippen molar-refractivity contribution >= 4 is 65.2 Å². The van der Waals surface area contributed by atoms with Crippen LogP contribution in [0.4, 0.5) is 0 Å². The molecule has 4 atom stereocenters. The zero-order chi connectivity index (χ0) is 43.9. The van der Waals surface area contributed by atoms with Gasteiger partial charge in [-0.1, -0.05) is 125 Å². The van der Waals surface area contributed by atoms with Gasteiger partial charge < -0.3 is 9.13 Å². The van der Waals surface area contributed by atoms with Gasteiger partial charge in [0.25, 0.3) is 0 Å². The summed E-state index contributed by atoms with van der Waals surface area (Å²) in [4.78, 5) is 9.41. The third-order valence-electron chi connectivity index (χ3n) is 15.9. The van der Waals surface area contributed by atoms with E-state index in [9.17, 15) is 0 Å².